The predicted molar refractivity (Wildman–Crippen MR) is 76.1 cm³/mol. The summed E-state index contributed by atoms with van der Waals surface area (Å²) >= 11 is 3.36. The van der Waals surface area contributed by atoms with E-state index in [0.717, 1.165) is 15.7 Å². The lowest BCUT2D eigenvalue weighted by molar-refractivity contribution is -0.118. The Balaban J connectivity index is 2.24. The molecule has 0 aromatic heterocycles. The lowest BCUT2D eigenvalue weighted by Crippen LogP contribution is -2.27. The van der Waals surface area contributed by atoms with E-state index in [9.17, 15) is 4.79 Å². The third kappa shape index (κ3) is 3.11. The summed E-state index contributed by atoms with van der Waals surface area (Å²) < 4.78 is 0.967. The third-order valence-corrected chi connectivity index (χ3v) is 3.10. The quantitative estimate of drug-likeness (QED) is 0.912. The standard InChI is InChI=1S/C14H13BrN2O/c15-11-8-6-10(7-9-11)13(14(16)18)17-12-4-2-1-3-5-12/h1-9,13,17H,(H2,16,18). The van der Waals surface area contributed by atoms with Gasteiger partial charge in [0, 0.05) is 10.2 Å². The molecule has 2 rings (SSSR count). The van der Waals surface area contributed by atoms with Crippen LogP contribution < -0.4 is 11.1 Å². The van der Waals surface area contributed by atoms with Gasteiger partial charge in [-0.05, 0) is 29.8 Å². The largest absolute Gasteiger partial charge is 0.370 e. The predicted octanol–water partition coefficient (Wildman–Crippen LogP) is 3.09. The van der Waals surface area contributed by atoms with Gasteiger partial charge in [0.15, 0.2) is 0 Å². The highest BCUT2D eigenvalue weighted by molar-refractivity contribution is 9.10. The molecule has 1 unspecified atom stereocenters. The summed E-state index contributed by atoms with van der Waals surface area (Å²) in [5, 5.41) is 3.12. The third-order valence-electron chi connectivity index (χ3n) is 2.57. The maximum absolute atomic E-state index is 11.5. The van der Waals surface area contributed by atoms with Crippen molar-refractivity contribution in [2.75, 3.05) is 5.32 Å². The number of nitrogens with two attached hydrogens (primary N) is 1. The van der Waals surface area contributed by atoms with Crippen LogP contribution in [0, 0.1) is 0 Å². The Kier molecular flexibility index (Phi) is 3.99. The first-order valence-electron chi connectivity index (χ1n) is 5.53. The molecular weight excluding hydrogens is 292 g/mol. The van der Waals surface area contributed by atoms with E-state index in [2.05, 4.69) is 21.2 Å². The number of primary amides is 1. The molecule has 1 amide bonds. The lowest BCUT2D eigenvalue weighted by atomic mass is 10.1. The molecule has 0 fully saturated rings. The van der Waals surface area contributed by atoms with Crippen LogP contribution in [0.2, 0.25) is 0 Å². The molecule has 18 heavy (non-hydrogen) atoms. The van der Waals surface area contributed by atoms with Crippen LogP contribution in [0.1, 0.15) is 11.6 Å². The Morgan fingerprint density at radius 2 is 1.67 bits per heavy atom. The maximum Gasteiger partial charge on any atom is 0.244 e. The van der Waals surface area contributed by atoms with Gasteiger partial charge >= 0.3 is 0 Å². The first kappa shape index (κ1) is 12.6. The Morgan fingerprint density at radius 1 is 1.06 bits per heavy atom. The van der Waals surface area contributed by atoms with Gasteiger partial charge in [0.25, 0.3) is 0 Å². The molecule has 0 aliphatic carbocycles. The van der Waals surface area contributed by atoms with Gasteiger partial charge in [-0.1, -0.05) is 46.3 Å². The number of amides is 1. The summed E-state index contributed by atoms with van der Waals surface area (Å²) in [5.41, 5.74) is 7.15. The Bertz CT molecular complexity index is 525. The Morgan fingerprint density at radius 3 is 2.22 bits per heavy atom. The number of nitrogens with one attached hydrogen (secondary N) is 1. The van der Waals surface area contributed by atoms with Gasteiger partial charge in [0.2, 0.25) is 5.91 Å². The minimum absolute atomic E-state index is 0.402. The molecule has 0 spiro atoms. The zero-order valence-corrected chi connectivity index (χ0v) is 11.2. The second-order valence-corrected chi connectivity index (χ2v) is 4.81. The highest BCUT2D eigenvalue weighted by Gasteiger charge is 2.17. The Hall–Kier alpha value is -1.81. The van der Waals surface area contributed by atoms with Crippen molar-refractivity contribution in [3.8, 4) is 0 Å². The smallest absolute Gasteiger partial charge is 0.244 e. The number of anilines is 1. The first-order valence-corrected chi connectivity index (χ1v) is 6.32. The molecule has 4 heteroatoms. The van der Waals surface area contributed by atoms with Gasteiger partial charge in [0.1, 0.15) is 6.04 Å². The molecule has 0 saturated carbocycles. The number of carbonyl (C=O) groups is 1. The molecule has 0 heterocycles. The molecule has 0 saturated heterocycles. The van der Waals surface area contributed by atoms with Gasteiger partial charge in [-0.15, -0.1) is 0 Å². The number of rotatable bonds is 4. The van der Waals surface area contributed by atoms with Gasteiger partial charge < -0.3 is 11.1 Å². The molecule has 3 N–H and O–H groups in total. The zero-order valence-electron chi connectivity index (χ0n) is 9.64. The fourth-order valence-corrected chi connectivity index (χ4v) is 1.94. The molecular formula is C14H13BrN2O. The SMILES string of the molecule is NC(=O)C(Nc1ccccc1)c1ccc(Br)cc1. The molecule has 0 aliphatic heterocycles. The van der Waals surface area contributed by atoms with Crippen molar-refractivity contribution >= 4 is 27.5 Å². The average Bonchev–Trinajstić information content (AvgIpc) is 2.38. The van der Waals surface area contributed by atoms with Crippen LogP contribution in [0.15, 0.2) is 59.1 Å². The van der Waals surface area contributed by atoms with E-state index in [1.54, 1.807) is 0 Å². The highest BCUT2D eigenvalue weighted by Crippen LogP contribution is 2.21. The number of hydrogen-bond acceptors (Lipinski definition) is 2. The van der Waals surface area contributed by atoms with Crippen LogP contribution in [0.3, 0.4) is 0 Å². The van der Waals surface area contributed by atoms with Crippen LogP contribution in [-0.2, 0) is 4.79 Å². The second kappa shape index (κ2) is 5.69. The second-order valence-electron chi connectivity index (χ2n) is 3.90. The number of benzene rings is 2. The van der Waals surface area contributed by atoms with Crippen LogP contribution in [-0.4, -0.2) is 5.91 Å². The van der Waals surface area contributed by atoms with Gasteiger partial charge in [-0.25, -0.2) is 0 Å². The first-order chi connectivity index (χ1) is 8.66. The van der Waals surface area contributed by atoms with Crippen LogP contribution in [0.25, 0.3) is 0 Å². The molecule has 3 nitrogen and oxygen atoms in total. The number of para-hydroxylation sites is 1. The summed E-state index contributed by atoms with van der Waals surface area (Å²) in [7, 11) is 0. The minimum Gasteiger partial charge on any atom is -0.370 e. The molecule has 2 aromatic carbocycles. The topological polar surface area (TPSA) is 55.1 Å². The van der Waals surface area contributed by atoms with Gasteiger partial charge in [-0.3, -0.25) is 4.79 Å². The van der Waals surface area contributed by atoms with Crippen LogP contribution >= 0.6 is 15.9 Å². The molecule has 2 aromatic rings. The molecule has 0 radical (unpaired) electrons. The normalized spacial score (nSPS) is 11.8. The van der Waals surface area contributed by atoms with Gasteiger partial charge in [0.05, 0.1) is 0 Å². The van der Waals surface area contributed by atoms with Crippen molar-refractivity contribution < 1.29 is 4.79 Å². The van der Waals surface area contributed by atoms with Crippen molar-refractivity contribution in [2.45, 2.75) is 6.04 Å². The summed E-state index contributed by atoms with van der Waals surface area (Å²) in [6.07, 6.45) is 0. The van der Waals surface area contributed by atoms with E-state index in [1.165, 1.54) is 0 Å². The monoisotopic (exact) mass is 304 g/mol. The molecule has 0 bridgehead atoms. The highest BCUT2D eigenvalue weighted by atomic mass is 79.9. The van der Waals surface area contributed by atoms with Crippen molar-refractivity contribution in [1.29, 1.82) is 0 Å². The van der Waals surface area contributed by atoms with E-state index in [4.69, 9.17) is 5.73 Å². The van der Waals surface area contributed by atoms with E-state index in [1.807, 2.05) is 54.6 Å². The summed E-state index contributed by atoms with van der Waals surface area (Å²) in [6.45, 7) is 0. The van der Waals surface area contributed by atoms with Crippen molar-refractivity contribution in [2.24, 2.45) is 5.73 Å². The van der Waals surface area contributed by atoms with Crippen LogP contribution in [0.4, 0.5) is 5.69 Å². The van der Waals surface area contributed by atoms with Crippen molar-refractivity contribution in [3.05, 3.63) is 64.6 Å². The van der Waals surface area contributed by atoms with E-state index in [0.29, 0.717) is 0 Å². The maximum atomic E-state index is 11.5. The zero-order chi connectivity index (χ0) is 13.0. The van der Waals surface area contributed by atoms with Crippen molar-refractivity contribution in [3.63, 3.8) is 0 Å². The van der Waals surface area contributed by atoms with Crippen LogP contribution in [0.5, 0.6) is 0 Å². The number of carbonyl (C=O) groups excluding carboxylic acids is 1. The summed E-state index contributed by atoms with van der Waals surface area (Å²) in [6, 6.07) is 16.5. The lowest BCUT2D eigenvalue weighted by Gasteiger charge is -2.17. The number of hydrogen-bond donors (Lipinski definition) is 2. The number of halogens is 1. The average molecular weight is 305 g/mol. The fourth-order valence-electron chi connectivity index (χ4n) is 1.68. The fraction of sp³-hybridized carbons (Fsp3) is 0.0714. The van der Waals surface area contributed by atoms with E-state index in [-0.39, 0.29) is 0 Å². The van der Waals surface area contributed by atoms with Gasteiger partial charge in [-0.2, -0.15) is 0 Å². The summed E-state index contributed by atoms with van der Waals surface area (Å²) in [4.78, 5) is 11.5. The van der Waals surface area contributed by atoms with Crippen molar-refractivity contribution in [1.82, 2.24) is 0 Å². The minimum atomic E-state index is -0.527. The molecule has 92 valence electrons. The molecule has 1 atom stereocenters. The van der Waals surface area contributed by atoms with E-state index >= 15 is 0 Å². The Labute approximate surface area is 114 Å². The summed E-state index contributed by atoms with van der Waals surface area (Å²) in [5.74, 6) is -0.402. The molecule has 0 aliphatic rings. The van der Waals surface area contributed by atoms with E-state index < -0.39 is 11.9 Å².